The number of benzene rings is 2. The van der Waals surface area contributed by atoms with E-state index in [1.165, 1.54) is 12.1 Å². The zero-order valence-electron chi connectivity index (χ0n) is 10.9. The van der Waals surface area contributed by atoms with Gasteiger partial charge in [-0.1, -0.05) is 30.3 Å². The van der Waals surface area contributed by atoms with Crippen LogP contribution in [0.4, 0.5) is 5.69 Å². The van der Waals surface area contributed by atoms with Gasteiger partial charge in [0.05, 0.1) is 11.0 Å². The monoisotopic (exact) mass is 272 g/mol. The lowest BCUT2D eigenvalue weighted by atomic mass is 10.1. The number of nitro groups is 1. The Morgan fingerprint density at radius 2 is 1.75 bits per heavy atom. The molecule has 0 amide bonds. The minimum Gasteiger partial charge on any atom is -0.387 e. The molecule has 0 aliphatic rings. The highest BCUT2D eigenvalue weighted by Gasteiger charge is 2.10. The highest BCUT2D eigenvalue weighted by atomic mass is 16.6. The number of nitrogens with zero attached hydrogens (tertiary/aromatic N) is 1. The fraction of sp³-hybridized carbons (Fsp3) is 0.200. The van der Waals surface area contributed by atoms with E-state index in [2.05, 4.69) is 5.32 Å². The molecule has 1 atom stereocenters. The van der Waals surface area contributed by atoms with Crippen molar-refractivity contribution >= 4 is 5.69 Å². The molecular formula is C15H16N2O3. The maximum Gasteiger partial charge on any atom is 0.269 e. The highest BCUT2D eigenvalue weighted by Crippen LogP contribution is 2.17. The molecule has 0 saturated heterocycles. The van der Waals surface area contributed by atoms with Crippen LogP contribution < -0.4 is 5.32 Å². The zero-order chi connectivity index (χ0) is 14.4. The van der Waals surface area contributed by atoms with Crippen molar-refractivity contribution in [1.29, 1.82) is 0 Å². The van der Waals surface area contributed by atoms with Crippen LogP contribution in [-0.4, -0.2) is 16.6 Å². The number of aliphatic hydroxyl groups excluding tert-OH is 1. The van der Waals surface area contributed by atoms with Gasteiger partial charge in [0.2, 0.25) is 0 Å². The first-order valence-electron chi connectivity index (χ1n) is 6.34. The summed E-state index contributed by atoms with van der Waals surface area (Å²) in [7, 11) is 0. The van der Waals surface area contributed by atoms with Crippen molar-refractivity contribution in [2.75, 3.05) is 6.54 Å². The number of rotatable bonds is 6. The molecule has 104 valence electrons. The lowest BCUT2D eigenvalue weighted by molar-refractivity contribution is -0.384. The SMILES string of the molecule is O=[N+]([O-])c1ccc([C@H](O)CNCc2ccccc2)cc1. The molecule has 0 spiro atoms. The molecule has 2 rings (SSSR count). The predicted octanol–water partition coefficient (Wildman–Crippen LogP) is 2.42. The van der Waals surface area contributed by atoms with Crippen molar-refractivity contribution in [2.24, 2.45) is 0 Å². The molecular weight excluding hydrogens is 256 g/mol. The van der Waals surface area contributed by atoms with Crippen LogP contribution in [0, 0.1) is 10.1 Å². The van der Waals surface area contributed by atoms with Gasteiger partial charge in [-0.15, -0.1) is 0 Å². The van der Waals surface area contributed by atoms with E-state index >= 15 is 0 Å². The lowest BCUT2D eigenvalue weighted by Gasteiger charge is -2.12. The molecule has 0 bridgehead atoms. The molecule has 0 aromatic heterocycles. The van der Waals surface area contributed by atoms with E-state index in [9.17, 15) is 15.2 Å². The Labute approximate surface area is 117 Å². The van der Waals surface area contributed by atoms with Crippen LogP contribution in [0.15, 0.2) is 54.6 Å². The molecule has 0 saturated carbocycles. The normalized spacial score (nSPS) is 12.1. The summed E-state index contributed by atoms with van der Waals surface area (Å²) in [5.74, 6) is 0. The third-order valence-electron chi connectivity index (χ3n) is 3.00. The van der Waals surface area contributed by atoms with Gasteiger partial charge >= 0.3 is 0 Å². The fourth-order valence-corrected chi connectivity index (χ4v) is 1.89. The smallest absolute Gasteiger partial charge is 0.269 e. The molecule has 5 heteroatoms. The number of nitrogens with one attached hydrogen (secondary N) is 1. The number of non-ortho nitro benzene ring substituents is 1. The van der Waals surface area contributed by atoms with Gasteiger partial charge in [-0.25, -0.2) is 0 Å². The Balaban J connectivity index is 1.85. The van der Waals surface area contributed by atoms with Crippen molar-refractivity contribution in [3.05, 3.63) is 75.8 Å². The molecule has 2 aromatic rings. The van der Waals surface area contributed by atoms with Crippen LogP contribution in [-0.2, 0) is 6.54 Å². The quantitative estimate of drug-likeness (QED) is 0.625. The van der Waals surface area contributed by atoms with Crippen molar-refractivity contribution < 1.29 is 10.0 Å². The minimum absolute atomic E-state index is 0.0261. The first-order valence-corrected chi connectivity index (χ1v) is 6.34. The zero-order valence-corrected chi connectivity index (χ0v) is 10.9. The second-order valence-corrected chi connectivity index (χ2v) is 4.48. The van der Waals surface area contributed by atoms with Crippen molar-refractivity contribution in [1.82, 2.24) is 5.32 Å². The summed E-state index contributed by atoms with van der Waals surface area (Å²) in [4.78, 5) is 10.1. The van der Waals surface area contributed by atoms with Gasteiger partial charge in [0.15, 0.2) is 0 Å². The van der Waals surface area contributed by atoms with Gasteiger partial charge < -0.3 is 10.4 Å². The van der Waals surface area contributed by atoms with Gasteiger partial charge in [0.1, 0.15) is 0 Å². The molecule has 0 aliphatic heterocycles. The Bertz CT molecular complexity index is 555. The van der Waals surface area contributed by atoms with E-state index < -0.39 is 11.0 Å². The van der Waals surface area contributed by atoms with Crippen LogP contribution in [0.1, 0.15) is 17.2 Å². The summed E-state index contributed by atoms with van der Waals surface area (Å²) in [5.41, 5.74) is 1.83. The second-order valence-electron chi connectivity index (χ2n) is 4.48. The molecule has 20 heavy (non-hydrogen) atoms. The summed E-state index contributed by atoms with van der Waals surface area (Å²) >= 11 is 0. The molecule has 2 aromatic carbocycles. The average molecular weight is 272 g/mol. The first-order chi connectivity index (χ1) is 9.66. The fourth-order valence-electron chi connectivity index (χ4n) is 1.89. The van der Waals surface area contributed by atoms with Gasteiger partial charge in [-0.05, 0) is 23.3 Å². The summed E-state index contributed by atoms with van der Waals surface area (Å²) in [5, 5.41) is 23.7. The molecule has 0 aliphatic carbocycles. The number of aliphatic hydroxyl groups is 1. The van der Waals surface area contributed by atoms with Crippen LogP contribution >= 0.6 is 0 Å². The largest absolute Gasteiger partial charge is 0.387 e. The lowest BCUT2D eigenvalue weighted by Crippen LogP contribution is -2.21. The molecule has 0 heterocycles. The van der Waals surface area contributed by atoms with Crippen LogP contribution in [0.2, 0.25) is 0 Å². The summed E-state index contributed by atoms with van der Waals surface area (Å²) in [6, 6.07) is 15.8. The maximum atomic E-state index is 10.5. The van der Waals surface area contributed by atoms with E-state index in [1.807, 2.05) is 30.3 Å². The third kappa shape index (κ3) is 3.88. The Morgan fingerprint density at radius 1 is 1.10 bits per heavy atom. The summed E-state index contributed by atoms with van der Waals surface area (Å²) in [6.45, 7) is 1.07. The first kappa shape index (κ1) is 14.2. The second kappa shape index (κ2) is 6.79. The standard InChI is InChI=1S/C15H16N2O3/c18-15(11-16-10-12-4-2-1-3-5-12)13-6-8-14(9-7-13)17(19)20/h1-9,15-16,18H,10-11H2/t15-/m1/s1. The molecule has 0 radical (unpaired) electrons. The highest BCUT2D eigenvalue weighted by molar-refractivity contribution is 5.33. The van der Waals surface area contributed by atoms with Crippen LogP contribution in [0.5, 0.6) is 0 Å². The van der Waals surface area contributed by atoms with Gasteiger partial charge in [0, 0.05) is 25.2 Å². The number of hydrogen-bond acceptors (Lipinski definition) is 4. The van der Waals surface area contributed by atoms with Gasteiger partial charge in [-0.3, -0.25) is 10.1 Å². The Morgan fingerprint density at radius 3 is 2.35 bits per heavy atom. The summed E-state index contributed by atoms with van der Waals surface area (Å²) in [6.07, 6.45) is -0.681. The van der Waals surface area contributed by atoms with Crippen LogP contribution in [0.25, 0.3) is 0 Å². The van der Waals surface area contributed by atoms with Crippen LogP contribution in [0.3, 0.4) is 0 Å². The molecule has 0 unspecified atom stereocenters. The van der Waals surface area contributed by atoms with Crippen molar-refractivity contribution in [2.45, 2.75) is 12.6 Å². The topological polar surface area (TPSA) is 75.4 Å². The van der Waals surface area contributed by atoms with Gasteiger partial charge in [-0.2, -0.15) is 0 Å². The Kier molecular flexibility index (Phi) is 4.81. The molecule has 5 nitrogen and oxygen atoms in total. The van der Waals surface area contributed by atoms with E-state index in [-0.39, 0.29) is 5.69 Å². The van der Waals surface area contributed by atoms with Gasteiger partial charge in [0.25, 0.3) is 5.69 Å². The number of nitro benzene ring substituents is 1. The maximum absolute atomic E-state index is 10.5. The average Bonchev–Trinajstić information content (AvgIpc) is 2.48. The van der Waals surface area contributed by atoms with E-state index in [0.717, 1.165) is 5.56 Å². The minimum atomic E-state index is -0.681. The number of hydrogen-bond donors (Lipinski definition) is 2. The van der Waals surface area contributed by atoms with E-state index in [1.54, 1.807) is 12.1 Å². The molecule has 0 fully saturated rings. The van der Waals surface area contributed by atoms with Crippen molar-refractivity contribution in [3.8, 4) is 0 Å². The Hall–Kier alpha value is -2.24. The predicted molar refractivity (Wildman–Crippen MR) is 76.2 cm³/mol. The summed E-state index contributed by atoms with van der Waals surface area (Å²) < 4.78 is 0. The third-order valence-corrected chi connectivity index (χ3v) is 3.00. The van der Waals surface area contributed by atoms with E-state index in [0.29, 0.717) is 18.7 Å². The van der Waals surface area contributed by atoms with E-state index in [4.69, 9.17) is 0 Å². The van der Waals surface area contributed by atoms with Crippen molar-refractivity contribution in [3.63, 3.8) is 0 Å². The molecule has 2 N–H and O–H groups in total.